The van der Waals surface area contributed by atoms with Crippen LogP contribution in [-0.2, 0) is 14.4 Å². The quantitative estimate of drug-likeness (QED) is 0.0693. The number of aliphatic carboxylic acids is 1. The Hall–Kier alpha value is -3.26. The molecule has 3 aromatic carbocycles. The van der Waals surface area contributed by atoms with Crippen molar-refractivity contribution >= 4 is 103 Å². The molecule has 1 aliphatic rings. The average molecular weight is 690 g/mol. The maximum atomic E-state index is 13.2. The van der Waals surface area contributed by atoms with E-state index >= 15 is 0 Å². The first-order valence-electron chi connectivity index (χ1n) is 14.9. The normalized spacial score (nSPS) is 12.8. The Morgan fingerprint density at radius 2 is 1.55 bits per heavy atom. The Bertz CT molecular complexity index is 1750. The van der Waals surface area contributed by atoms with Crippen LogP contribution in [0.15, 0.2) is 66.9 Å². The fourth-order valence-electron chi connectivity index (χ4n) is 4.90. The van der Waals surface area contributed by atoms with Crippen molar-refractivity contribution in [2.24, 2.45) is 5.41 Å². The number of carbonyl (C=O) groups is 3. The fourth-order valence-corrected chi connectivity index (χ4v) is 5.12. The summed E-state index contributed by atoms with van der Waals surface area (Å²) in [5, 5.41) is 15.1. The number of anilines is 2. The van der Waals surface area contributed by atoms with Crippen LogP contribution < -0.4 is 24.8 Å². The number of methoxy groups -OCH3 is 1. The molecular weight excluding hydrogens is 656 g/mol. The summed E-state index contributed by atoms with van der Waals surface area (Å²) in [6.45, 7) is 0.448. The second-order valence-electron chi connectivity index (χ2n) is 11.0. The molecule has 1 heterocycles. The molecule has 242 valence electrons. The van der Waals surface area contributed by atoms with E-state index in [2.05, 4.69) is 15.6 Å². The van der Waals surface area contributed by atoms with Crippen molar-refractivity contribution in [1.82, 2.24) is 4.98 Å². The molecule has 0 aliphatic heterocycles. The van der Waals surface area contributed by atoms with Gasteiger partial charge in [0.1, 0.15) is 22.7 Å². The number of halogens is 2. The molecule has 3 N–H and O–H groups in total. The summed E-state index contributed by atoms with van der Waals surface area (Å²) in [5.41, 5.74) is 0.202. The van der Waals surface area contributed by atoms with Gasteiger partial charge in [-0.15, -0.1) is 0 Å². The van der Waals surface area contributed by atoms with Gasteiger partial charge < -0.3 is 30.0 Å². The first-order valence-corrected chi connectivity index (χ1v) is 15.2. The van der Waals surface area contributed by atoms with Gasteiger partial charge in [0, 0.05) is 35.4 Å². The zero-order chi connectivity index (χ0) is 32.7. The molecule has 0 unspecified atom stereocenters. The van der Waals surface area contributed by atoms with Crippen molar-refractivity contribution in [3.05, 3.63) is 77.7 Å². The molecule has 2 amide bonds. The number of hydrogen-bond acceptors (Lipinski definition) is 7. The van der Waals surface area contributed by atoms with Crippen molar-refractivity contribution < 1.29 is 38.1 Å². The maximum absolute atomic E-state index is 13.2. The molecule has 4 aromatic rings. The van der Waals surface area contributed by atoms with Crippen LogP contribution in [0.5, 0.6) is 23.0 Å². The number of nitrogens with one attached hydrogen (secondary N) is 2. The van der Waals surface area contributed by atoms with Gasteiger partial charge in [-0.25, -0.2) is 4.39 Å². The van der Waals surface area contributed by atoms with E-state index in [1.54, 1.807) is 49.7 Å². The van der Waals surface area contributed by atoms with Gasteiger partial charge in [-0.3, -0.25) is 19.4 Å². The van der Waals surface area contributed by atoms with E-state index in [0.29, 0.717) is 71.1 Å². The Labute approximate surface area is 318 Å². The van der Waals surface area contributed by atoms with Crippen LogP contribution in [0.3, 0.4) is 0 Å². The molecule has 10 nitrogen and oxygen atoms in total. The molecule has 0 bridgehead atoms. The average Bonchev–Trinajstić information content (AvgIpc) is 3.85. The minimum absolute atomic E-state index is 0. The van der Waals surface area contributed by atoms with E-state index in [0.717, 1.165) is 19.3 Å². The van der Waals surface area contributed by atoms with E-state index in [1.807, 2.05) is 0 Å². The van der Waals surface area contributed by atoms with Crippen molar-refractivity contribution in [3.8, 4) is 23.0 Å². The summed E-state index contributed by atoms with van der Waals surface area (Å²) < 4.78 is 30.9. The number of ether oxygens (including phenoxy) is 3. The molecule has 1 saturated carbocycles. The number of hydrogen-bond donors (Lipinski definition) is 3. The number of unbranched alkanes of at least 4 members (excludes halogenated alkanes) is 3. The molecule has 0 radical (unpaired) electrons. The topological polar surface area (TPSA) is 136 Å². The molecule has 1 aromatic heterocycles. The number of aromatic nitrogens is 1. The standard InChI is InChI=1S/C34H33ClFN3O7.K.H/c1-44-29-19-24-26(20-30(29)45-17-5-3-2-4-6-31(40)41)37-16-13-27(24)46-28-12-11-23(18-25(28)35)39-33(43)34(14-15-34)32(42)38-22-9-7-21(36)8-10-22;;/h7-13,16,18-20H,2-6,14-15,17H2,1H3,(H,38,42)(H,39,43)(H,40,41);;. The van der Waals surface area contributed by atoms with E-state index in [9.17, 15) is 18.8 Å². The van der Waals surface area contributed by atoms with Gasteiger partial charge in [-0.1, -0.05) is 24.4 Å². The molecule has 0 atom stereocenters. The van der Waals surface area contributed by atoms with Gasteiger partial charge in [0.2, 0.25) is 11.8 Å². The Morgan fingerprint density at radius 3 is 2.21 bits per heavy atom. The van der Waals surface area contributed by atoms with Crippen molar-refractivity contribution in [3.63, 3.8) is 0 Å². The van der Waals surface area contributed by atoms with Crippen molar-refractivity contribution in [2.45, 2.75) is 44.9 Å². The number of amides is 2. The Kier molecular flexibility index (Phi) is 13.0. The molecular formula is C34H34ClFKN3O7. The number of carboxylic acid groups (broad SMARTS) is 1. The molecule has 5 rings (SSSR count). The Balaban J connectivity index is 0.00000500. The third-order valence-electron chi connectivity index (χ3n) is 7.66. The van der Waals surface area contributed by atoms with Gasteiger partial charge >= 0.3 is 57.4 Å². The van der Waals surface area contributed by atoms with E-state index in [4.69, 9.17) is 30.9 Å². The number of fused-ring (bicyclic) bond motifs is 1. The summed E-state index contributed by atoms with van der Waals surface area (Å²) in [6.07, 6.45) is 5.64. The molecule has 0 spiro atoms. The first-order chi connectivity index (χ1) is 22.2. The zero-order valence-electron chi connectivity index (χ0n) is 25.1. The second-order valence-corrected chi connectivity index (χ2v) is 11.4. The van der Waals surface area contributed by atoms with E-state index < -0.39 is 29.0 Å². The van der Waals surface area contributed by atoms with Gasteiger partial charge in [-0.05, 0) is 80.3 Å². The fraction of sp³-hybridized carbons (Fsp3) is 0.294. The number of rotatable bonds is 15. The van der Waals surface area contributed by atoms with Crippen LogP contribution in [0.25, 0.3) is 10.9 Å². The summed E-state index contributed by atoms with van der Waals surface area (Å²) in [4.78, 5) is 41.1. The van der Waals surface area contributed by atoms with Gasteiger partial charge in [0.05, 0.1) is 24.3 Å². The summed E-state index contributed by atoms with van der Waals surface area (Å²) >= 11 is 6.55. The SMILES string of the molecule is COc1cc2c(Oc3ccc(NC(=O)C4(C(=O)Nc5ccc(F)cc5)CC4)cc3Cl)ccnc2cc1OCCCCCCC(=O)O.[KH]. The number of carboxylic acids is 1. The first kappa shape index (κ1) is 36.6. The predicted molar refractivity (Wildman–Crippen MR) is 179 cm³/mol. The van der Waals surface area contributed by atoms with Gasteiger partial charge in [0.25, 0.3) is 0 Å². The molecule has 47 heavy (non-hydrogen) atoms. The summed E-state index contributed by atoms with van der Waals surface area (Å²) in [5.74, 6) is -0.282. The van der Waals surface area contributed by atoms with Crippen LogP contribution in [0.1, 0.15) is 44.9 Å². The van der Waals surface area contributed by atoms with Crippen LogP contribution in [0.4, 0.5) is 15.8 Å². The number of benzene rings is 3. The van der Waals surface area contributed by atoms with Gasteiger partial charge in [0.15, 0.2) is 11.5 Å². The van der Waals surface area contributed by atoms with Gasteiger partial charge in [-0.2, -0.15) is 0 Å². The van der Waals surface area contributed by atoms with Crippen molar-refractivity contribution in [2.75, 3.05) is 24.4 Å². The minimum atomic E-state index is -1.21. The zero-order valence-corrected chi connectivity index (χ0v) is 25.9. The summed E-state index contributed by atoms with van der Waals surface area (Å²) in [7, 11) is 1.54. The molecule has 13 heteroatoms. The monoisotopic (exact) mass is 689 g/mol. The number of carbonyl (C=O) groups excluding carboxylic acids is 2. The Morgan fingerprint density at radius 1 is 0.872 bits per heavy atom. The molecule has 0 saturated heterocycles. The van der Waals surface area contributed by atoms with Crippen LogP contribution >= 0.6 is 11.6 Å². The second kappa shape index (κ2) is 16.7. The van der Waals surface area contributed by atoms with E-state index in [1.165, 1.54) is 24.3 Å². The van der Waals surface area contributed by atoms with Crippen LogP contribution in [0.2, 0.25) is 5.02 Å². The third-order valence-corrected chi connectivity index (χ3v) is 7.96. The third kappa shape index (κ3) is 9.43. The van der Waals surface area contributed by atoms with E-state index in [-0.39, 0.29) is 62.8 Å². The molecule has 1 aliphatic carbocycles. The number of pyridine rings is 1. The number of nitrogens with zero attached hydrogens (tertiary/aromatic N) is 1. The van der Waals surface area contributed by atoms with Crippen LogP contribution in [-0.4, -0.2) is 93.0 Å². The van der Waals surface area contributed by atoms with Crippen molar-refractivity contribution in [1.29, 1.82) is 0 Å². The van der Waals surface area contributed by atoms with Crippen LogP contribution in [0, 0.1) is 11.2 Å². The predicted octanol–water partition coefficient (Wildman–Crippen LogP) is 6.95. The molecule has 1 fully saturated rings. The summed E-state index contributed by atoms with van der Waals surface area (Å²) in [6, 6.07) is 15.4.